The van der Waals surface area contributed by atoms with Crippen LogP contribution >= 0.6 is 11.3 Å². The predicted molar refractivity (Wildman–Crippen MR) is 105 cm³/mol. The molecule has 1 N–H and O–H groups in total. The summed E-state index contributed by atoms with van der Waals surface area (Å²) >= 11 is 1.67. The Morgan fingerprint density at radius 1 is 1.15 bits per heavy atom. The van der Waals surface area contributed by atoms with Gasteiger partial charge in [0.05, 0.1) is 11.4 Å². The molecule has 0 unspecified atom stereocenters. The lowest BCUT2D eigenvalue weighted by Gasteiger charge is -2.48. The number of thiazole rings is 1. The number of pyridine rings is 1. The third kappa shape index (κ3) is 4.14. The Morgan fingerprint density at radius 3 is 2.77 bits per heavy atom. The van der Waals surface area contributed by atoms with E-state index >= 15 is 0 Å². The molecule has 2 saturated heterocycles. The molecule has 0 aromatic carbocycles. The van der Waals surface area contributed by atoms with Crippen molar-refractivity contribution >= 4 is 11.3 Å². The van der Waals surface area contributed by atoms with Crippen LogP contribution in [-0.2, 0) is 11.3 Å². The number of hydrogen-bond donors (Lipinski definition) is 1. The number of nitrogens with one attached hydrogen (secondary N) is 1. The Labute approximate surface area is 159 Å². The second kappa shape index (κ2) is 8.57. The zero-order chi connectivity index (χ0) is 17.7. The fourth-order valence-electron chi connectivity index (χ4n) is 4.14. The molecule has 0 atom stereocenters. The summed E-state index contributed by atoms with van der Waals surface area (Å²) in [6.45, 7) is 6.09. The number of likely N-dealkylation sites (tertiary alicyclic amines) is 1. The lowest BCUT2D eigenvalue weighted by Crippen LogP contribution is -2.59. The first-order chi connectivity index (χ1) is 12.9. The van der Waals surface area contributed by atoms with Crippen LogP contribution in [0.5, 0.6) is 0 Å². The number of piperidine rings is 1. The summed E-state index contributed by atoms with van der Waals surface area (Å²) in [5.74, 6) is 0. The van der Waals surface area contributed by atoms with Crippen molar-refractivity contribution in [3.05, 3.63) is 35.5 Å². The number of rotatable bonds is 6. The first kappa shape index (κ1) is 18.0. The van der Waals surface area contributed by atoms with Gasteiger partial charge < -0.3 is 10.1 Å². The van der Waals surface area contributed by atoms with Crippen molar-refractivity contribution in [2.45, 2.75) is 44.2 Å². The summed E-state index contributed by atoms with van der Waals surface area (Å²) in [5, 5.41) is 6.85. The largest absolute Gasteiger partial charge is 0.381 e. The van der Waals surface area contributed by atoms with Gasteiger partial charge in [0, 0.05) is 43.4 Å². The lowest BCUT2D eigenvalue weighted by molar-refractivity contribution is -0.0358. The molecular weight excluding hydrogens is 344 g/mol. The molecule has 0 aliphatic carbocycles. The summed E-state index contributed by atoms with van der Waals surface area (Å²) in [5.41, 5.74) is 2.33. The second-order valence-corrected chi connectivity index (χ2v) is 8.21. The Bertz CT molecular complexity index is 678. The molecule has 26 heavy (non-hydrogen) atoms. The molecule has 2 aromatic rings. The lowest BCUT2D eigenvalue weighted by atomic mass is 9.86. The fraction of sp³-hybridized carbons (Fsp3) is 0.600. The van der Waals surface area contributed by atoms with E-state index in [0.29, 0.717) is 0 Å². The highest BCUT2D eigenvalue weighted by molar-refractivity contribution is 7.13. The smallest absolute Gasteiger partial charge is 0.142 e. The van der Waals surface area contributed by atoms with E-state index in [1.54, 1.807) is 11.3 Å². The summed E-state index contributed by atoms with van der Waals surface area (Å²) in [6, 6.07) is 5.96. The molecule has 6 heteroatoms. The minimum absolute atomic E-state index is 0.262. The number of nitrogens with zero attached hydrogens (tertiary/aromatic N) is 3. The molecule has 2 fully saturated rings. The van der Waals surface area contributed by atoms with Crippen molar-refractivity contribution < 1.29 is 4.74 Å². The van der Waals surface area contributed by atoms with Gasteiger partial charge in [-0.3, -0.25) is 9.88 Å². The molecule has 2 aromatic heterocycles. The van der Waals surface area contributed by atoms with Crippen LogP contribution in [0.3, 0.4) is 0 Å². The average Bonchev–Trinajstić information content (AvgIpc) is 3.19. The Hall–Kier alpha value is -1.34. The van der Waals surface area contributed by atoms with E-state index in [1.165, 1.54) is 32.4 Å². The van der Waals surface area contributed by atoms with Gasteiger partial charge in [0.15, 0.2) is 0 Å². The van der Waals surface area contributed by atoms with Crippen LogP contribution in [0, 0.1) is 0 Å². The highest BCUT2D eigenvalue weighted by Gasteiger charge is 2.38. The Kier molecular flexibility index (Phi) is 5.94. The van der Waals surface area contributed by atoms with Crippen molar-refractivity contribution in [2.24, 2.45) is 0 Å². The van der Waals surface area contributed by atoms with E-state index in [2.05, 4.69) is 20.6 Å². The van der Waals surface area contributed by atoms with Crippen LogP contribution in [0.2, 0.25) is 0 Å². The van der Waals surface area contributed by atoms with Gasteiger partial charge in [-0.1, -0.05) is 12.5 Å². The van der Waals surface area contributed by atoms with Gasteiger partial charge in [0.25, 0.3) is 0 Å². The SMILES string of the molecule is c1ccc(-c2nc(CNCC3(N4CCCCC4)CCOCC3)cs2)nc1. The number of aromatic nitrogens is 2. The van der Waals surface area contributed by atoms with E-state index in [4.69, 9.17) is 9.72 Å². The number of hydrogen-bond acceptors (Lipinski definition) is 6. The van der Waals surface area contributed by atoms with Crippen molar-refractivity contribution in [2.75, 3.05) is 32.8 Å². The van der Waals surface area contributed by atoms with Gasteiger partial charge >= 0.3 is 0 Å². The highest BCUT2D eigenvalue weighted by atomic mass is 32.1. The molecule has 4 rings (SSSR count). The average molecular weight is 373 g/mol. The molecule has 5 nitrogen and oxygen atoms in total. The molecule has 2 aliphatic heterocycles. The van der Waals surface area contributed by atoms with Crippen LogP contribution < -0.4 is 5.32 Å². The van der Waals surface area contributed by atoms with Gasteiger partial charge in [0.1, 0.15) is 5.01 Å². The second-order valence-electron chi connectivity index (χ2n) is 7.35. The maximum atomic E-state index is 5.66. The van der Waals surface area contributed by atoms with Crippen LogP contribution in [0.15, 0.2) is 29.8 Å². The molecule has 0 spiro atoms. The Morgan fingerprint density at radius 2 is 2.00 bits per heavy atom. The van der Waals surface area contributed by atoms with Gasteiger partial charge in [-0.15, -0.1) is 11.3 Å². The first-order valence-corrected chi connectivity index (χ1v) is 10.6. The van der Waals surface area contributed by atoms with Crippen LogP contribution in [0.4, 0.5) is 0 Å². The molecule has 4 heterocycles. The molecule has 0 saturated carbocycles. The zero-order valence-electron chi connectivity index (χ0n) is 15.3. The van der Waals surface area contributed by atoms with E-state index < -0.39 is 0 Å². The van der Waals surface area contributed by atoms with E-state index in [0.717, 1.165) is 55.5 Å². The topological polar surface area (TPSA) is 50.3 Å². The molecular formula is C20H28N4OS. The molecule has 140 valence electrons. The quantitative estimate of drug-likeness (QED) is 0.843. The van der Waals surface area contributed by atoms with Crippen LogP contribution in [0.25, 0.3) is 10.7 Å². The van der Waals surface area contributed by atoms with E-state index in [1.807, 2.05) is 24.4 Å². The summed E-state index contributed by atoms with van der Waals surface area (Å²) in [4.78, 5) is 11.9. The molecule has 0 amide bonds. The van der Waals surface area contributed by atoms with Gasteiger partial charge in [-0.05, 0) is 50.9 Å². The third-order valence-corrected chi connectivity index (χ3v) is 6.56. The molecule has 0 radical (unpaired) electrons. The minimum Gasteiger partial charge on any atom is -0.381 e. The van der Waals surface area contributed by atoms with E-state index in [9.17, 15) is 0 Å². The highest BCUT2D eigenvalue weighted by Crippen LogP contribution is 2.30. The fourth-order valence-corrected chi connectivity index (χ4v) is 4.94. The summed E-state index contributed by atoms with van der Waals surface area (Å²) in [7, 11) is 0. The molecule has 2 aliphatic rings. The van der Waals surface area contributed by atoms with Crippen molar-refractivity contribution in [3.8, 4) is 10.7 Å². The van der Waals surface area contributed by atoms with Gasteiger partial charge in [-0.2, -0.15) is 0 Å². The van der Waals surface area contributed by atoms with Gasteiger partial charge in [0.2, 0.25) is 0 Å². The predicted octanol–water partition coefficient (Wildman–Crippen LogP) is 3.33. The van der Waals surface area contributed by atoms with Crippen molar-refractivity contribution in [1.29, 1.82) is 0 Å². The van der Waals surface area contributed by atoms with Crippen molar-refractivity contribution in [1.82, 2.24) is 20.2 Å². The minimum atomic E-state index is 0.262. The van der Waals surface area contributed by atoms with Crippen LogP contribution in [0.1, 0.15) is 37.8 Å². The number of ether oxygens (including phenoxy) is 1. The summed E-state index contributed by atoms with van der Waals surface area (Å²) < 4.78 is 5.66. The van der Waals surface area contributed by atoms with Gasteiger partial charge in [-0.25, -0.2) is 4.98 Å². The molecule has 0 bridgehead atoms. The maximum Gasteiger partial charge on any atom is 0.142 e. The Balaban J connectivity index is 1.37. The third-order valence-electron chi connectivity index (χ3n) is 5.65. The van der Waals surface area contributed by atoms with E-state index in [-0.39, 0.29) is 5.54 Å². The first-order valence-electron chi connectivity index (χ1n) is 9.75. The zero-order valence-corrected chi connectivity index (χ0v) is 16.1. The maximum absolute atomic E-state index is 5.66. The summed E-state index contributed by atoms with van der Waals surface area (Å²) in [6.07, 6.45) is 8.14. The standard InChI is InChI=1S/C20H28N4OS/c1-4-10-24(11-5-1)20(7-12-25-13-8-20)16-21-14-17-15-26-19(23-17)18-6-2-3-9-22-18/h2-3,6,9,15,21H,1,4-5,7-8,10-14,16H2. The normalized spacial score (nSPS) is 20.9. The van der Waals surface area contributed by atoms with Crippen LogP contribution in [-0.4, -0.2) is 53.3 Å². The van der Waals surface area contributed by atoms with Crippen molar-refractivity contribution in [3.63, 3.8) is 0 Å². The monoisotopic (exact) mass is 372 g/mol.